The molecule has 1 N–H and O–H groups in total. The Balaban J connectivity index is 1.52. The van der Waals surface area contributed by atoms with Crippen molar-refractivity contribution in [3.63, 3.8) is 0 Å². The highest BCUT2D eigenvalue weighted by atomic mass is 16.5. The molecule has 1 fully saturated rings. The van der Waals surface area contributed by atoms with E-state index in [0.717, 1.165) is 5.56 Å². The summed E-state index contributed by atoms with van der Waals surface area (Å²) >= 11 is 0. The summed E-state index contributed by atoms with van der Waals surface area (Å²) < 4.78 is 5.23. The number of amides is 2. The van der Waals surface area contributed by atoms with Gasteiger partial charge < -0.3 is 14.7 Å². The molecule has 1 aliphatic heterocycles. The maximum absolute atomic E-state index is 12.4. The Bertz CT molecular complexity index is 780. The van der Waals surface area contributed by atoms with Gasteiger partial charge in [-0.2, -0.15) is 4.98 Å². The SMILES string of the molecule is CC(C)(C)N1C[C@@H](C(=O)NCc2noc(Cc3ccccc3)n2)CC1=O. The number of nitrogens with zero attached hydrogens (tertiary/aromatic N) is 3. The van der Waals surface area contributed by atoms with Crippen molar-refractivity contribution in [1.82, 2.24) is 20.4 Å². The van der Waals surface area contributed by atoms with E-state index in [1.807, 2.05) is 51.1 Å². The molecule has 2 aromatic rings. The van der Waals surface area contributed by atoms with E-state index in [4.69, 9.17) is 4.52 Å². The average Bonchev–Trinajstić information content (AvgIpc) is 3.20. The topological polar surface area (TPSA) is 88.3 Å². The third kappa shape index (κ3) is 4.28. The Morgan fingerprint density at radius 1 is 1.31 bits per heavy atom. The summed E-state index contributed by atoms with van der Waals surface area (Å²) in [5.74, 6) is 0.468. The second kappa shape index (κ2) is 7.27. The van der Waals surface area contributed by atoms with Crippen molar-refractivity contribution in [3.05, 3.63) is 47.6 Å². The van der Waals surface area contributed by atoms with Gasteiger partial charge in [0.15, 0.2) is 5.82 Å². The van der Waals surface area contributed by atoms with Crippen molar-refractivity contribution in [3.8, 4) is 0 Å². The molecule has 1 aromatic carbocycles. The van der Waals surface area contributed by atoms with E-state index in [1.165, 1.54) is 0 Å². The van der Waals surface area contributed by atoms with Crippen molar-refractivity contribution in [2.24, 2.45) is 5.92 Å². The van der Waals surface area contributed by atoms with Gasteiger partial charge in [-0.05, 0) is 26.3 Å². The van der Waals surface area contributed by atoms with Crippen LogP contribution in [0.25, 0.3) is 0 Å². The van der Waals surface area contributed by atoms with E-state index in [9.17, 15) is 9.59 Å². The van der Waals surface area contributed by atoms with Gasteiger partial charge in [0.05, 0.1) is 18.9 Å². The number of likely N-dealkylation sites (tertiary alicyclic amines) is 1. The quantitative estimate of drug-likeness (QED) is 0.884. The lowest BCUT2D eigenvalue weighted by Gasteiger charge is -2.31. The molecule has 1 atom stereocenters. The van der Waals surface area contributed by atoms with E-state index in [-0.39, 0.29) is 36.2 Å². The normalized spacial score (nSPS) is 17.6. The lowest BCUT2D eigenvalue weighted by molar-refractivity contribution is -0.132. The van der Waals surface area contributed by atoms with Crippen molar-refractivity contribution < 1.29 is 14.1 Å². The zero-order valence-electron chi connectivity index (χ0n) is 15.4. The summed E-state index contributed by atoms with van der Waals surface area (Å²) in [6.07, 6.45) is 0.800. The monoisotopic (exact) mass is 356 g/mol. The van der Waals surface area contributed by atoms with Gasteiger partial charge in [-0.3, -0.25) is 9.59 Å². The third-order valence-electron chi connectivity index (χ3n) is 4.43. The van der Waals surface area contributed by atoms with Crippen molar-refractivity contribution in [2.45, 2.75) is 45.7 Å². The fourth-order valence-corrected chi connectivity index (χ4v) is 3.05. The molecule has 0 spiro atoms. The van der Waals surface area contributed by atoms with Crippen molar-refractivity contribution >= 4 is 11.8 Å². The molecule has 0 saturated carbocycles. The molecule has 0 unspecified atom stereocenters. The first-order valence-corrected chi connectivity index (χ1v) is 8.76. The number of carbonyl (C=O) groups is 2. The highest BCUT2D eigenvalue weighted by Crippen LogP contribution is 2.25. The average molecular weight is 356 g/mol. The maximum Gasteiger partial charge on any atom is 0.231 e. The Hall–Kier alpha value is -2.70. The highest BCUT2D eigenvalue weighted by molar-refractivity contribution is 5.89. The summed E-state index contributed by atoms with van der Waals surface area (Å²) in [5, 5.41) is 6.71. The Morgan fingerprint density at radius 3 is 2.69 bits per heavy atom. The van der Waals surface area contributed by atoms with Crippen LogP contribution in [0.3, 0.4) is 0 Å². The number of hydrogen-bond donors (Lipinski definition) is 1. The van der Waals surface area contributed by atoms with Gasteiger partial charge in [-0.1, -0.05) is 35.5 Å². The summed E-state index contributed by atoms with van der Waals surface area (Å²) in [5.41, 5.74) is 0.810. The molecule has 3 rings (SSSR count). The Morgan fingerprint density at radius 2 is 2.04 bits per heavy atom. The second-order valence-corrected chi connectivity index (χ2v) is 7.56. The van der Waals surface area contributed by atoms with Gasteiger partial charge in [0.25, 0.3) is 0 Å². The predicted octanol–water partition coefficient (Wildman–Crippen LogP) is 1.92. The first kappa shape index (κ1) is 18.1. The predicted molar refractivity (Wildman–Crippen MR) is 95.0 cm³/mol. The maximum atomic E-state index is 12.4. The van der Waals surface area contributed by atoms with E-state index < -0.39 is 0 Å². The van der Waals surface area contributed by atoms with Crippen LogP contribution in [0.5, 0.6) is 0 Å². The first-order chi connectivity index (χ1) is 12.3. The fourth-order valence-electron chi connectivity index (χ4n) is 3.05. The summed E-state index contributed by atoms with van der Waals surface area (Å²) in [4.78, 5) is 30.5. The minimum atomic E-state index is -0.336. The van der Waals surface area contributed by atoms with Crippen LogP contribution in [0.1, 0.15) is 44.5 Å². The van der Waals surface area contributed by atoms with E-state index in [0.29, 0.717) is 24.7 Å². The molecule has 7 nitrogen and oxygen atoms in total. The minimum Gasteiger partial charge on any atom is -0.348 e. The van der Waals surface area contributed by atoms with E-state index >= 15 is 0 Å². The van der Waals surface area contributed by atoms with Crippen LogP contribution in [0.4, 0.5) is 0 Å². The second-order valence-electron chi connectivity index (χ2n) is 7.56. The van der Waals surface area contributed by atoms with E-state index in [1.54, 1.807) is 4.90 Å². The first-order valence-electron chi connectivity index (χ1n) is 8.76. The number of hydrogen-bond acceptors (Lipinski definition) is 5. The van der Waals surface area contributed by atoms with Gasteiger partial charge in [0, 0.05) is 18.5 Å². The van der Waals surface area contributed by atoms with Gasteiger partial charge in [-0.25, -0.2) is 0 Å². The fraction of sp³-hybridized carbons (Fsp3) is 0.474. The molecular weight excluding hydrogens is 332 g/mol. The smallest absolute Gasteiger partial charge is 0.231 e. The van der Waals surface area contributed by atoms with Crippen LogP contribution >= 0.6 is 0 Å². The van der Waals surface area contributed by atoms with Crippen LogP contribution in [0, 0.1) is 5.92 Å². The molecule has 2 amide bonds. The van der Waals surface area contributed by atoms with Crippen LogP contribution in [0.2, 0.25) is 0 Å². The van der Waals surface area contributed by atoms with Crippen molar-refractivity contribution in [2.75, 3.05) is 6.54 Å². The number of nitrogens with one attached hydrogen (secondary N) is 1. The minimum absolute atomic E-state index is 0.0161. The number of rotatable bonds is 5. The van der Waals surface area contributed by atoms with Gasteiger partial charge in [-0.15, -0.1) is 0 Å². The molecule has 0 bridgehead atoms. The largest absolute Gasteiger partial charge is 0.348 e. The number of benzene rings is 1. The van der Waals surface area contributed by atoms with Gasteiger partial charge >= 0.3 is 0 Å². The lowest BCUT2D eigenvalue weighted by Crippen LogP contribution is -2.43. The van der Waals surface area contributed by atoms with Crippen LogP contribution in [-0.4, -0.2) is 38.9 Å². The molecule has 138 valence electrons. The Kier molecular flexibility index (Phi) is 5.06. The Labute approximate surface area is 152 Å². The molecule has 2 heterocycles. The zero-order valence-corrected chi connectivity index (χ0v) is 15.4. The summed E-state index contributed by atoms with van der Waals surface area (Å²) in [7, 11) is 0. The van der Waals surface area contributed by atoms with Crippen LogP contribution in [0.15, 0.2) is 34.9 Å². The zero-order chi connectivity index (χ0) is 18.7. The third-order valence-corrected chi connectivity index (χ3v) is 4.43. The van der Waals surface area contributed by atoms with Crippen LogP contribution in [-0.2, 0) is 22.6 Å². The number of carbonyl (C=O) groups excluding carboxylic acids is 2. The molecular formula is C19H24N4O3. The molecule has 0 radical (unpaired) electrons. The van der Waals surface area contributed by atoms with Crippen LogP contribution < -0.4 is 5.32 Å². The lowest BCUT2D eigenvalue weighted by atomic mass is 10.1. The molecule has 1 aliphatic rings. The summed E-state index contributed by atoms with van der Waals surface area (Å²) in [6.45, 7) is 6.55. The van der Waals surface area contributed by atoms with Crippen molar-refractivity contribution in [1.29, 1.82) is 0 Å². The molecule has 1 saturated heterocycles. The molecule has 0 aliphatic carbocycles. The van der Waals surface area contributed by atoms with Gasteiger partial charge in [0.1, 0.15) is 0 Å². The highest BCUT2D eigenvalue weighted by Gasteiger charge is 2.39. The summed E-state index contributed by atoms with van der Waals surface area (Å²) in [6, 6.07) is 9.84. The molecule has 7 heteroatoms. The number of aromatic nitrogens is 2. The van der Waals surface area contributed by atoms with E-state index in [2.05, 4.69) is 15.5 Å². The van der Waals surface area contributed by atoms with Gasteiger partial charge in [0.2, 0.25) is 17.7 Å². The molecule has 1 aromatic heterocycles. The molecule has 26 heavy (non-hydrogen) atoms. The standard InChI is InChI=1S/C19H24N4O3/c1-19(2,3)23-12-14(10-17(23)24)18(25)20-11-15-21-16(26-22-15)9-13-7-5-4-6-8-13/h4-8,14H,9-12H2,1-3H3,(H,20,25)/t14-/m0/s1.